The molecule has 0 aliphatic rings. The number of hydrogen-bond donors (Lipinski definition) is 2. The molecule has 0 aliphatic heterocycles. The molecular formula is C14H25ClN2O2S. The minimum Gasteiger partial charge on any atom is -0.329 e. The Morgan fingerprint density at radius 1 is 1.20 bits per heavy atom. The van der Waals surface area contributed by atoms with E-state index in [1.807, 2.05) is 33.8 Å². The van der Waals surface area contributed by atoms with E-state index in [2.05, 4.69) is 4.72 Å². The van der Waals surface area contributed by atoms with E-state index in [-0.39, 0.29) is 18.4 Å². The maximum atomic E-state index is 12.3. The van der Waals surface area contributed by atoms with Crippen molar-refractivity contribution in [3.63, 3.8) is 0 Å². The van der Waals surface area contributed by atoms with Crippen LogP contribution in [0.5, 0.6) is 0 Å². The molecule has 0 heterocycles. The summed E-state index contributed by atoms with van der Waals surface area (Å²) in [6, 6.07) is 4.93. The van der Waals surface area contributed by atoms with Gasteiger partial charge in [0.1, 0.15) is 0 Å². The summed E-state index contributed by atoms with van der Waals surface area (Å²) < 4.78 is 27.2. The molecule has 6 heteroatoms. The van der Waals surface area contributed by atoms with Gasteiger partial charge in [0.15, 0.2) is 0 Å². The molecule has 0 saturated heterocycles. The van der Waals surface area contributed by atoms with Crippen molar-refractivity contribution in [2.24, 2.45) is 11.7 Å². The van der Waals surface area contributed by atoms with Gasteiger partial charge in [-0.2, -0.15) is 0 Å². The van der Waals surface area contributed by atoms with Crippen LogP contribution >= 0.6 is 12.4 Å². The SMILES string of the molecule is Cc1ccc(S(=O)(=O)NC(CN)CC(C)C)cc1C.Cl. The molecule has 0 amide bonds. The number of benzene rings is 1. The highest BCUT2D eigenvalue weighted by Crippen LogP contribution is 2.16. The van der Waals surface area contributed by atoms with Crippen LogP contribution in [0.2, 0.25) is 0 Å². The highest BCUT2D eigenvalue weighted by molar-refractivity contribution is 7.89. The Morgan fingerprint density at radius 3 is 2.25 bits per heavy atom. The number of rotatable bonds is 6. The van der Waals surface area contributed by atoms with Crippen LogP contribution < -0.4 is 10.5 Å². The first-order chi connectivity index (χ1) is 8.76. The predicted molar refractivity (Wildman–Crippen MR) is 85.8 cm³/mol. The first kappa shape index (κ1) is 19.4. The number of nitrogens with two attached hydrogens (primary N) is 1. The molecule has 1 aromatic carbocycles. The molecule has 1 unspecified atom stereocenters. The van der Waals surface area contributed by atoms with Crippen LogP contribution in [0.1, 0.15) is 31.4 Å². The Kier molecular flexibility index (Phi) is 7.73. The molecule has 0 radical (unpaired) electrons. The van der Waals surface area contributed by atoms with Gasteiger partial charge in [0.25, 0.3) is 0 Å². The van der Waals surface area contributed by atoms with Crippen molar-refractivity contribution >= 4 is 22.4 Å². The average Bonchev–Trinajstić information content (AvgIpc) is 2.30. The fraction of sp³-hybridized carbons (Fsp3) is 0.571. The van der Waals surface area contributed by atoms with Gasteiger partial charge in [-0.25, -0.2) is 13.1 Å². The molecule has 1 atom stereocenters. The normalized spacial score (nSPS) is 13.1. The smallest absolute Gasteiger partial charge is 0.240 e. The molecule has 0 bridgehead atoms. The summed E-state index contributed by atoms with van der Waals surface area (Å²) in [4.78, 5) is 0.304. The summed E-state index contributed by atoms with van der Waals surface area (Å²) in [5, 5.41) is 0. The maximum absolute atomic E-state index is 12.3. The first-order valence-corrected chi connectivity index (χ1v) is 8.04. The van der Waals surface area contributed by atoms with Gasteiger partial charge < -0.3 is 5.73 Å². The summed E-state index contributed by atoms with van der Waals surface area (Å²) in [6.07, 6.45) is 0.737. The Hall–Kier alpha value is -0.620. The lowest BCUT2D eigenvalue weighted by atomic mass is 10.1. The molecule has 4 nitrogen and oxygen atoms in total. The van der Waals surface area contributed by atoms with Gasteiger partial charge in [0.2, 0.25) is 10.0 Å². The first-order valence-electron chi connectivity index (χ1n) is 6.56. The number of sulfonamides is 1. The molecule has 0 fully saturated rings. The molecule has 0 aromatic heterocycles. The van der Waals surface area contributed by atoms with Crippen molar-refractivity contribution in [1.82, 2.24) is 4.72 Å². The van der Waals surface area contributed by atoms with Crippen molar-refractivity contribution in [3.8, 4) is 0 Å². The molecule has 116 valence electrons. The van der Waals surface area contributed by atoms with E-state index in [1.54, 1.807) is 12.1 Å². The summed E-state index contributed by atoms with van der Waals surface area (Å²) in [5.41, 5.74) is 7.68. The Labute approximate surface area is 128 Å². The van der Waals surface area contributed by atoms with Gasteiger partial charge in [-0.1, -0.05) is 19.9 Å². The molecule has 1 rings (SSSR count). The summed E-state index contributed by atoms with van der Waals surface area (Å²) in [6.45, 7) is 8.27. The second-order valence-electron chi connectivity index (χ2n) is 5.43. The average molecular weight is 321 g/mol. The van der Waals surface area contributed by atoms with E-state index in [0.717, 1.165) is 17.5 Å². The summed E-state index contributed by atoms with van der Waals surface area (Å²) in [7, 11) is -3.49. The van der Waals surface area contributed by atoms with E-state index in [4.69, 9.17) is 5.73 Å². The third-order valence-corrected chi connectivity index (χ3v) is 4.67. The summed E-state index contributed by atoms with van der Waals surface area (Å²) >= 11 is 0. The molecule has 0 aliphatic carbocycles. The third kappa shape index (κ3) is 5.40. The van der Waals surface area contributed by atoms with E-state index in [0.29, 0.717) is 17.4 Å². The Bertz CT molecular complexity index is 530. The molecule has 0 spiro atoms. The van der Waals surface area contributed by atoms with Crippen molar-refractivity contribution in [3.05, 3.63) is 29.3 Å². The topological polar surface area (TPSA) is 72.2 Å². The quantitative estimate of drug-likeness (QED) is 0.845. The zero-order chi connectivity index (χ0) is 14.6. The molecule has 20 heavy (non-hydrogen) atoms. The van der Waals surface area contributed by atoms with Crippen LogP contribution in [0, 0.1) is 19.8 Å². The van der Waals surface area contributed by atoms with Crippen LogP contribution in [0.3, 0.4) is 0 Å². The molecule has 0 saturated carbocycles. The zero-order valence-corrected chi connectivity index (χ0v) is 14.1. The Balaban J connectivity index is 0.00000361. The standard InChI is InChI=1S/C14H24N2O2S.ClH/c1-10(2)7-13(9-15)16-19(17,18)14-6-5-11(3)12(4)8-14;/h5-6,8,10,13,16H,7,9,15H2,1-4H3;1H. The molecule has 3 N–H and O–H groups in total. The van der Waals surface area contributed by atoms with Gasteiger partial charge in [-0.15, -0.1) is 12.4 Å². The fourth-order valence-electron chi connectivity index (χ4n) is 1.93. The minimum atomic E-state index is -3.49. The highest BCUT2D eigenvalue weighted by atomic mass is 35.5. The second kappa shape index (κ2) is 7.98. The molecule has 1 aromatic rings. The lowest BCUT2D eigenvalue weighted by molar-refractivity contribution is 0.465. The maximum Gasteiger partial charge on any atom is 0.240 e. The van der Waals surface area contributed by atoms with Crippen LogP contribution in [-0.2, 0) is 10.0 Å². The largest absolute Gasteiger partial charge is 0.329 e. The second-order valence-corrected chi connectivity index (χ2v) is 7.14. The lowest BCUT2D eigenvalue weighted by Gasteiger charge is -2.19. The van der Waals surface area contributed by atoms with Crippen LogP contribution in [0.25, 0.3) is 0 Å². The Morgan fingerprint density at radius 2 is 1.80 bits per heavy atom. The van der Waals surface area contributed by atoms with Crippen molar-refractivity contribution < 1.29 is 8.42 Å². The van der Waals surface area contributed by atoms with Crippen molar-refractivity contribution in [1.29, 1.82) is 0 Å². The van der Waals surface area contributed by atoms with Gasteiger partial charge in [0.05, 0.1) is 4.90 Å². The van der Waals surface area contributed by atoms with E-state index < -0.39 is 10.0 Å². The van der Waals surface area contributed by atoms with Crippen molar-refractivity contribution in [2.75, 3.05) is 6.54 Å². The lowest BCUT2D eigenvalue weighted by Crippen LogP contribution is -2.41. The number of hydrogen-bond acceptors (Lipinski definition) is 3. The molecular weight excluding hydrogens is 296 g/mol. The van der Waals surface area contributed by atoms with Gasteiger partial charge in [-0.05, 0) is 49.4 Å². The van der Waals surface area contributed by atoms with Crippen LogP contribution in [0.15, 0.2) is 23.1 Å². The third-order valence-electron chi connectivity index (χ3n) is 3.15. The number of aryl methyl sites for hydroxylation is 2. The zero-order valence-electron chi connectivity index (χ0n) is 12.5. The van der Waals surface area contributed by atoms with Gasteiger partial charge in [-0.3, -0.25) is 0 Å². The summed E-state index contributed by atoms with van der Waals surface area (Å²) in [5.74, 6) is 0.399. The monoisotopic (exact) mass is 320 g/mol. The minimum absolute atomic E-state index is 0. The van der Waals surface area contributed by atoms with Gasteiger partial charge >= 0.3 is 0 Å². The predicted octanol–water partition coefficient (Wildman–Crippen LogP) is 2.38. The number of nitrogens with one attached hydrogen (secondary N) is 1. The van der Waals surface area contributed by atoms with E-state index >= 15 is 0 Å². The number of halogens is 1. The van der Waals surface area contributed by atoms with E-state index in [9.17, 15) is 8.42 Å². The van der Waals surface area contributed by atoms with Crippen LogP contribution in [-0.4, -0.2) is 21.0 Å². The van der Waals surface area contributed by atoms with E-state index in [1.165, 1.54) is 0 Å². The fourth-order valence-corrected chi connectivity index (χ4v) is 3.28. The van der Waals surface area contributed by atoms with Gasteiger partial charge in [0, 0.05) is 12.6 Å². The van der Waals surface area contributed by atoms with Crippen molar-refractivity contribution in [2.45, 2.75) is 45.1 Å². The highest BCUT2D eigenvalue weighted by Gasteiger charge is 2.20. The van der Waals surface area contributed by atoms with Crippen LogP contribution in [0.4, 0.5) is 0 Å².